The molecule has 2 aliphatic heterocycles. The highest BCUT2D eigenvalue weighted by Crippen LogP contribution is 2.38. The van der Waals surface area contributed by atoms with Crippen molar-refractivity contribution < 1.29 is 27.2 Å². The van der Waals surface area contributed by atoms with Gasteiger partial charge in [0.1, 0.15) is 12.4 Å². The first-order valence-electron chi connectivity index (χ1n) is 9.21. The number of benzene rings is 2. The molecule has 0 bridgehead atoms. The predicted octanol–water partition coefficient (Wildman–Crippen LogP) is 3.99. The van der Waals surface area contributed by atoms with Crippen LogP contribution in [0.5, 0.6) is 0 Å². The third-order valence-electron chi connectivity index (χ3n) is 5.58. The fraction of sp³-hybridized carbons (Fsp3) is 0.333. The molecule has 2 amide bonds. The zero-order chi connectivity index (χ0) is 20.9. The van der Waals surface area contributed by atoms with E-state index >= 15 is 0 Å². The van der Waals surface area contributed by atoms with Gasteiger partial charge in [-0.3, -0.25) is 9.59 Å². The molecular formula is C21H18F4N2O2. The number of amides is 2. The maximum Gasteiger partial charge on any atom is 0.419 e. The van der Waals surface area contributed by atoms with Gasteiger partial charge in [-0.2, -0.15) is 13.2 Å². The summed E-state index contributed by atoms with van der Waals surface area (Å²) in [7, 11) is 0. The molecule has 2 atom stereocenters. The molecule has 8 heteroatoms. The first kappa shape index (κ1) is 19.4. The van der Waals surface area contributed by atoms with Crippen molar-refractivity contribution >= 4 is 11.8 Å². The summed E-state index contributed by atoms with van der Waals surface area (Å²) in [6.45, 7) is 2.50. The largest absolute Gasteiger partial charge is 0.419 e. The van der Waals surface area contributed by atoms with Gasteiger partial charge in [0.2, 0.25) is 5.91 Å². The second-order valence-corrected chi connectivity index (χ2v) is 7.47. The van der Waals surface area contributed by atoms with E-state index < -0.39 is 23.5 Å². The predicted molar refractivity (Wildman–Crippen MR) is 96.6 cm³/mol. The molecule has 2 aromatic rings. The monoisotopic (exact) mass is 406 g/mol. The number of fused-ring (bicyclic) bond motifs is 3. The molecular weight excluding hydrogens is 388 g/mol. The summed E-state index contributed by atoms with van der Waals surface area (Å²) in [5.41, 5.74) is 0.242. The third-order valence-corrected chi connectivity index (χ3v) is 5.58. The molecule has 0 saturated carbocycles. The SMILES string of the molecule is CC1CN2C(=O)CN(C(=O)c3ccc(F)c(C(F)(F)F)c3)CC2c2ccccc21. The van der Waals surface area contributed by atoms with Gasteiger partial charge < -0.3 is 9.80 Å². The zero-order valence-corrected chi connectivity index (χ0v) is 15.5. The third kappa shape index (κ3) is 3.36. The molecule has 4 rings (SSSR count). The Morgan fingerprint density at radius 1 is 1.07 bits per heavy atom. The highest BCUT2D eigenvalue weighted by molar-refractivity contribution is 5.97. The number of carbonyl (C=O) groups is 2. The Bertz CT molecular complexity index is 989. The van der Waals surface area contributed by atoms with Crippen molar-refractivity contribution in [3.63, 3.8) is 0 Å². The lowest BCUT2D eigenvalue weighted by molar-refractivity contribution is -0.141. The molecule has 2 unspecified atom stereocenters. The number of nitrogens with zero attached hydrogens (tertiary/aromatic N) is 2. The molecule has 2 heterocycles. The van der Waals surface area contributed by atoms with E-state index in [1.165, 1.54) is 4.90 Å². The van der Waals surface area contributed by atoms with Crippen molar-refractivity contribution in [1.82, 2.24) is 9.80 Å². The second-order valence-electron chi connectivity index (χ2n) is 7.47. The molecule has 2 aromatic carbocycles. The van der Waals surface area contributed by atoms with E-state index in [0.717, 1.165) is 17.2 Å². The number of rotatable bonds is 1. The van der Waals surface area contributed by atoms with E-state index in [9.17, 15) is 27.2 Å². The first-order valence-corrected chi connectivity index (χ1v) is 9.21. The fourth-order valence-electron chi connectivity index (χ4n) is 4.16. The van der Waals surface area contributed by atoms with Crippen LogP contribution in [0.3, 0.4) is 0 Å². The number of halogens is 4. The molecule has 0 aromatic heterocycles. The molecule has 0 aliphatic carbocycles. The Morgan fingerprint density at radius 3 is 2.45 bits per heavy atom. The summed E-state index contributed by atoms with van der Waals surface area (Å²) in [4.78, 5) is 28.5. The average Bonchev–Trinajstić information content (AvgIpc) is 2.68. The van der Waals surface area contributed by atoms with Gasteiger partial charge >= 0.3 is 6.18 Å². The Morgan fingerprint density at radius 2 is 1.76 bits per heavy atom. The van der Waals surface area contributed by atoms with E-state index in [-0.39, 0.29) is 36.5 Å². The van der Waals surface area contributed by atoms with Crippen LogP contribution in [0, 0.1) is 5.82 Å². The Kier molecular flexibility index (Phi) is 4.59. The van der Waals surface area contributed by atoms with Crippen molar-refractivity contribution in [1.29, 1.82) is 0 Å². The fourth-order valence-corrected chi connectivity index (χ4v) is 4.16. The van der Waals surface area contributed by atoms with Gasteiger partial charge in [-0.1, -0.05) is 31.2 Å². The Hall–Kier alpha value is -2.90. The van der Waals surface area contributed by atoms with Crippen LogP contribution in [0.25, 0.3) is 0 Å². The normalized spacial score (nSPS) is 21.6. The zero-order valence-electron chi connectivity index (χ0n) is 15.5. The molecule has 0 radical (unpaired) electrons. The van der Waals surface area contributed by atoms with Gasteiger partial charge in [-0.15, -0.1) is 0 Å². The number of alkyl halides is 3. The van der Waals surface area contributed by atoms with Crippen LogP contribution in [0.15, 0.2) is 42.5 Å². The molecule has 1 fully saturated rings. The van der Waals surface area contributed by atoms with E-state index in [4.69, 9.17) is 0 Å². The molecule has 0 spiro atoms. The molecule has 4 nitrogen and oxygen atoms in total. The van der Waals surface area contributed by atoms with Crippen LogP contribution in [-0.2, 0) is 11.0 Å². The number of carbonyl (C=O) groups excluding carboxylic acids is 2. The molecule has 2 aliphatic rings. The molecule has 152 valence electrons. The van der Waals surface area contributed by atoms with Crippen molar-refractivity contribution in [3.05, 3.63) is 70.5 Å². The summed E-state index contributed by atoms with van der Waals surface area (Å²) in [6, 6.07) is 9.46. The van der Waals surface area contributed by atoms with Crippen molar-refractivity contribution in [3.8, 4) is 0 Å². The van der Waals surface area contributed by atoms with E-state index in [0.29, 0.717) is 18.7 Å². The minimum atomic E-state index is -4.91. The van der Waals surface area contributed by atoms with Gasteiger partial charge in [0.05, 0.1) is 11.6 Å². The van der Waals surface area contributed by atoms with Crippen LogP contribution in [0.1, 0.15) is 45.9 Å². The highest BCUT2D eigenvalue weighted by atomic mass is 19.4. The second kappa shape index (κ2) is 6.86. The smallest absolute Gasteiger partial charge is 0.332 e. The summed E-state index contributed by atoms with van der Waals surface area (Å²) in [5, 5.41) is 0. The highest BCUT2D eigenvalue weighted by Gasteiger charge is 2.41. The van der Waals surface area contributed by atoms with Crippen molar-refractivity contribution in [2.75, 3.05) is 19.6 Å². The lowest BCUT2D eigenvalue weighted by atomic mass is 9.85. The maximum atomic E-state index is 13.6. The van der Waals surface area contributed by atoms with Gasteiger partial charge in [-0.25, -0.2) is 4.39 Å². The van der Waals surface area contributed by atoms with E-state index in [1.54, 1.807) is 4.90 Å². The Labute approximate surface area is 164 Å². The summed E-state index contributed by atoms with van der Waals surface area (Å²) < 4.78 is 52.5. The maximum absolute atomic E-state index is 13.6. The molecule has 29 heavy (non-hydrogen) atoms. The summed E-state index contributed by atoms with van der Waals surface area (Å²) in [5.74, 6) is -2.26. The number of hydrogen-bond acceptors (Lipinski definition) is 2. The minimum absolute atomic E-state index is 0.153. The van der Waals surface area contributed by atoms with Gasteiger partial charge in [0.25, 0.3) is 5.91 Å². The Balaban J connectivity index is 1.66. The van der Waals surface area contributed by atoms with E-state index in [2.05, 4.69) is 0 Å². The lowest BCUT2D eigenvalue weighted by Gasteiger charge is -2.46. The topological polar surface area (TPSA) is 40.6 Å². The first-order chi connectivity index (χ1) is 13.7. The molecule has 1 saturated heterocycles. The van der Waals surface area contributed by atoms with Crippen molar-refractivity contribution in [2.24, 2.45) is 0 Å². The van der Waals surface area contributed by atoms with Gasteiger partial charge in [-0.05, 0) is 35.2 Å². The average molecular weight is 406 g/mol. The standard InChI is InChI=1S/C21H18F4N2O2/c1-12-9-27-18(15-5-3-2-4-14(12)15)10-26(11-19(27)28)20(29)13-6-7-17(22)16(8-13)21(23,24)25/h2-8,12,18H,9-11H2,1H3. The number of piperazine rings is 1. The van der Waals surface area contributed by atoms with Crippen molar-refractivity contribution in [2.45, 2.75) is 25.1 Å². The van der Waals surface area contributed by atoms with Crippen LogP contribution < -0.4 is 0 Å². The molecule has 0 N–H and O–H groups in total. The van der Waals surface area contributed by atoms with Gasteiger partial charge in [0.15, 0.2) is 0 Å². The number of hydrogen-bond donors (Lipinski definition) is 0. The van der Waals surface area contributed by atoms with Crippen LogP contribution in [0.2, 0.25) is 0 Å². The lowest BCUT2D eigenvalue weighted by Crippen LogP contribution is -2.56. The summed E-state index contributed by atoms with van der Waals surface area (Å²) in [6.07, 6.45) is -4.91. The van der Waals surface area contributed by atoms with Crippen LogP contribution in [0.4, 0.5) is 17.6 Å². The van der Waals surface area contributed by atoms with Gasteiger partial charge in [0, 0.05) is 18.7 Å². The van der Waals surface area contributed by atoms with Crippen LogP contribution >= 0.6 is 0 Å². The van der Waals surface area contributed by atoms with Crippen LogP contribution in [-0.4, -0.2) is 41.2 Å². The van der Waals surface area contributed by atoms with E-state index in [1.807, 2.05) is 31.2 Å². The quantitative estimate of drug-likeness (QED) is 0.672. The summed E-state index contributed by atoms with van der Waals surface area (Å²) >= 11 is 0. The minimum Gasteiger partial charge on any atom is -0.332 e.